The van der Waals surface area contributed by atoms with Crippen LogP contribution in [-0.4, -0.2) is 18.6 Å². The second kappa shape index (κ2) is 5.57. The van der Waals surface area contributed by atoms with Gasteiger partial charge >= 0.3 is 5.97 Å². The number of ether oxygens (including phenoxy) is 1. The topological polar surface area (TPSA) is 38.3 Å². The normalized spacial score (nSPS) is 27.2. The molecule has 2 aliphatic rings. The first-order valence-corrected chi connectivity index (χ1v) is 7.67. The lowest BCUT2D eigenvalue weighted by molar-refractivity contribution is -0.149. The maximum Gasteiger partial charge on any atom is 0.323 e. The van der Waals surface area contributed by atoms with E-state index in [1.54, 1.807) is 0 Å². The summed E-state index contributed by atoms with van der Waals surface area (Å²) in [6, 6.07) is 9.76. The Hall–Kier alpha value is -1.35. The van der Waals surface area contributed by atoms with E-state index in [0.717, 1.165) is 24.4 Å². The van der Waals surface area contributed by atoms with E-state index in [1.165, 1.54) is 19.3 Å². The van der Waals surface area contributed by atoms with E-state index in [9.17, 15) is 4.79 Å². The fourth-order valence-corrected chi connectivity index (χ4v) is 3.49. The number of rotatable bonds is 4. The average molecular weight is 273 g/mol. The Labute approximate surface area is 120 Å². The van der Waals surface area contributed by atoms with Crippen molar-refractivity contribution in [1.29, 1.82) is 0 Å². The summed E-state index contributed by atoms with van der Waals surface area (Å²) in [5.74, 6) is 0.648. The fraction of sp³-hybridized carbons (Fsp3) is 0.588. The Bertz CT molecular complexity index is 467. The second-order valence-corrected chi connectivity index (χ2v) is 6.23. The molecule has 1 aromatic carbocycles. The third kappa shape index (κ3) is 2.73. The van der Waals surface area contributed by atoms with Crippen LogP contribution in [0.3, 0.4) is 0 Å². The summed E-state index contributed by atoms with van der Waals surface area (Å²) in [4.78, 5) is 12.2. The maximum atomic E-state index is 12.2. The molecule has 20 heavy (non-hydrogen) atoms. The van der Waals surface area contributed by atoms with Crippen molar-refractivity contribution in [3.8, 4) is 0 Å². The van der Waals surface area contributed by atoms with Crippen molar-refractivity contribution in [2.75, 3.05) is 6.54 Å². The quantitative estimate of drug-likeness (QED) is 0.857. The van der Waals surface area contributed by atoms with E-state index < -0.39 is 0 Å². The molecule has 2 atom stereocenters. The van der Waals surface area contributed by atoms with Gasteiger partial charge in [-0.15, -0.1) is 0 Å². The predicted molar refractivity (Wildman–Crippen MR) is 78.1 cm³/mol. The van der Waals surface area contributed by atoms with E-state index >= 15 is 0 Å². The van der Waals surface area contributed by atoms with Gasteiger partial charge in [0.05, 0.1) is 0 Å². The van der Waals surface area contributed by atoms with Gasteiger partial charge in [-0.25, -0.2) is 0 Å². The molecule has 3 nitrogen and oxygen atoms in total. The monoisotopic (exact) mass is 273 g/mol. The van der Waals surface area contributed by atoms with Crippen LogP contribution in [0, 0.1) is 11.3 Å². The van der Waals surface area contributed by atoms with Crippen molar-refractivity contribution in [1.82, 2.24) is 5.32 Å². The van der Waals surface area contributed by atoms with Gasteiger partial charge in [-0.3, -0.25) is 4.79 Å². The Kier molecular flexibility index (Phi) is 3.79. The molecule has 0 aromatic heterocycles. The Balaban J connectivity index is 1.53. The van der Waals surface area contributed by atoms with Gasteiger partial charge in [0.15, 0.2) is 0 Å². The standard InChI is InChI=1S/C17H23NO2/c1-2-14-11-18-15(10-17(14)8-9-17)16(19)20-12-13-6-4-3-5-7-13/h3-7,14-15,18H,2,8-12H2,1H3/t14?,15-/m0/s1. The van der Waals surface area contributed by atoms with Crippen molar-refractivity contribution in [3.05, 3.63) is 35.9 Å². The van der Waals surface area contributed by atoms with Gasteiger partial charge < -0.3 is 10.1 Å². The summed E-state index contributed by atoms with van der Waals surface area (Å²) >= 11 is 0. The van der Waals surface area contributed by atoms with E-state index in [2.05, 4.69) is 12.2 Å². The Morgan fingerprint density at radius 1 is 1.35 bits per heavy atom. The molecular weight excluding hydrogens is 250 g/mol. The molecule has 1 saturated carbocycles. The number of carbonyl (C=O) groups excluding carboxylic acids is 1. The SMILES string of the molecule is CCC1CN[C@H](C(=O)OCc2ccccc2)CC12CC2. The molecule has 1 aliphatic heterocycles. The zero-order valence-corrected chi connectivity index (χ0v) is 12.1. The summed E-state index contributed by atoms with van der Waals surface area (Å²) in [7, 11) is 0. The highest BCUT2D eigenvalue weighted by Crippen LogP contribution is 2.57. The highest BCUT2D eigenvalue weighted by Gasteiger charge is 2.53. The first-order valence-electron chi connectivity index (χ1n) is 7.67. The fourth-order valence-electron chi connectivity index (χ4n) is 3.49. The molecule has 0 radical (unpaired) electrons. The number of piperidine rings is 1. The molecule has 1 aliphatic carbocycles. The van der Waals surface area contributed by atoms with E-state index in [0.29, 0.717) is 12.0 Å². The van der Waals surface area contributed by atoms with Gasteiger partial charge in [0.25, 0.3) is 0 Å². The van der Waals surface area contributed by atoms with Gasteiger partial charge in [0.1, 0.15) is 12.6 Å². The lowest BCUT2D eigenvalue weighted by atomic mass is 9.78. The molecule has 0 bridgehead atoms. The van der Waals surface area contributed by atoms with Crippen LogP contribution in [0.5, 0.6) is 0 Å². The van der Waals surface area contributed by atoms with Crippen LogP contribution in [0.2, 0.25) is 0 Å². The van der Waals surface area contributed by atoms with Crippen LogP contribution in [0.4, 0.5) is 0 Å². The molecule has 3 rings (SSSR count). The summed E-state index contributed by atoms with van der Waals surface area (Å²) in [6.45, 7) is 3.59. The van der Waals surface area contributed by atoms with E-state index in [-0.39, 0.29) is 12.0 Å². The maximum absolute atomic E-state index is 12.2. The number of esters is 1. The summed E-state index contributed by atoms with van der Waals surface area (Å²) in [6.07, 6.45) is 4.74. The molecule has 1 heterocycles. The van der Waals surface area contributed by atoms with Crippen molar-refractivity contribution in [2.24, 2.45) is 11.3 Å². The molecule has 108 valence electrons. The molecule has 1 N–H and O–H groups in total. The summed E-state index contributed by atoms with van der Waals surface area (Å²) in [5, 5.41) is 3.38. The first-order chi connectivity index (χ1) is 9.73. The second-order valence-electron chi connectivity index (χ2n) is 6.23. The van der Waals surface area contributed by atoms with Crippen LogP contribution in [-0.2, 0) is 16.1 Å². The van der Waals surface area contributed by atoms with Crippen molar-refractivity contribution in [2.45, 2.75) is 45.3 Å². The number of carbonyl (C=O) groups is 1. The smallest absolute Gasteiger partial charge is 0.323 e. The van der Waals surface area contributed by atoms with Gasteiger partial charge in [-0.2, -0.15) is 0 Å². The number of benzene rings is 1. The van der Waals surface area contributed by atoms with Crippen molar-refractivity contribution >= 4 is 5.97 Å². The number of hydrogen-bond donors (Lipinski definition) is 1. The Morgan fingerprint density at radius 3 is 2.75 bits per heavy atom. The van der Waals surface area contributed by atoms with Crippen LogP contribution in [0.15, 0.2) is 30.3 Å². The lowest BCUT2D eigenvalue weighted by Gasteiger charge is -2.36. The van der Waals surface area contributed by atoms with Crippen molar-refractivity contribution in [3.63, 3.8) is 0 Å². The molecule has 1 aromatic rings. The highest BCUT2D eigenvalue weighted by atomic mass is 16.5. The number of hydrogen-bond acceptors (Lipinski definition) is 3. The Morgan fingerprint density at radius 2 is 2.10 bits per heavy atom. The van der Waals surface area contributed by atoms with Gasteiger partial charge in [0.2, 0.25) is 0 Å². The van der Waals surface area contributed by atoms with Crippen LogP contribution in [0.25, 0.3) is 0 Å². The first kappa shape index (κ1) is 13.6. The molecule has 3 heteroatoms. The van der Waals surface area contributed by atoms with Crippen LogP contribution < -0.4 is 5.32 Å². The minimum atomic E-state index is -0.107. The summed E-state index contributed by atoms with van der Waals surface area (Å²) < 4.78 is 5.46. The molecule has 1 saturated heterocycles. The zero-order chi connectivity index (χ0) is 14.0. The van der Waals surface area contributed by atoms with Crippen LogP contribution >= 0.6 is 0 Å². The van der Waals surface area contributed by atoms with E-state index in [4.69, 9.17) is 4.74 Å². The minimum absolute atomic E-state index is 0.0883. The summed E-state index contributed by atoms with van der Waals surface area (Å²) in [5.41, 5.74) is 1.49. The van der Waals surface area contributed by atoms with Crippen LogP contribution in [0.1, 0.15) is 38.2 Å². The molecule has 1 unspecified atom stereocenters. The van der Waals surface area contributed by atoms with E-state index in [1.807, 2.05) is 30.3 Å². The molecule has 2 fully saturated rings. The minimum Gasteiger partial charge on any atom is -0.460 e. The van der Waals surface area contributed by atoms with Gasteiger partial charge in [-0.1, -0.05) is 43.7 Å². The molecule has 0 amide bonds. The molecular formula is C17H23NO2. The zero-order valence-electron chi connectivity index (χ0n) is 12.1. The third-order valence-corrected chi connectivity index (χ3v) is 4.98. The van der Waals surface area contributed by atoms with Crippen molar-refractivity contribution < 1.29 is 9.53 Å². The predicted octanol–water partition coefficient (Wildman–Crippen LogP) is 2.90. The van der Waals surface area contributed by atoms with Gasteiger partial charge in [0, 0.05) is 0 Å². The number of nitrogens with one attached hydrogen (secondary N) is 1. The largest absolute Gasteiger partial charge is 0.460 e. The van der Waals surface area contributed by atoms with Gasteiger partial charge in [-0.05, 0) is 42.7 Å². The lowest BCUT2D eigenvalue weighted by Crippen LogP contribution is -2.49. The third-order valence-electron chi connectivity index (χ3n) is 4.98. The highest BCUT2D eigenvalue weighted by molar-refractivity contribution is 5.76. The average Bonchev–Trinajstić information content (AvgIpc) is 3.25. The molecule has 1 spiro atoms.